The largest absolute Gasteiger partial charge is 0.494 e. The number of thioether (sulfide) groups is 1. The van der Waals surface area contributed by atoms with Gasteiger partial charge in [-0.3, -0.25) is 9.36 Å². The number of unbranched alkanes of at least 4 members (excludes halogenated alkanes) is 1. The van der Waals surface area contributed by atoms with E-state index in [1.165, 1.54) is 11.8 Å². The monoisotopic (exact) mass is 470 g/mol. The SMILES string of the molecule is C=CCn1c(SCC(=O)Nc2cccc(Cl)c2C)nnc1-c1ccc(OCCCC)cc1. The number of allylic oxidation sites excluding steroid dienone is 1. The summed E-state index contributed by atoms with van der Waals surface area (Å²) in [5, 5.41) is 12.8. The molecule has 32 heavy (non-hydrogen) atoms. The van der Waals surface area contributed by atoms with Gasteiger partial charge >= 0.3 is 0 Å². The van der Waals surface area contributed by atoms with E-state index >= 15 is 0 Å². The van der Waals surface area contributed by atoms with Crippen LogP contribution in [-0.4, -0.2) is 33.0 Å². The molecule has 2 aromatic carbocycles. The fourth-order valence-electron chi connectivity index (χ4n) is 3.00. The molecule has 0 radical (unpaired) electrons. The van der Waals surface area contributed by atoms with Crippen LogP contribution in [0.3, 0.4) is 0 Å². The molecular weight excluding hydrogens is 444 g/mol. The second-order valence-electron chi connectivity index (χ2n) is 7.18. The molecule has 1 heterocycles. The minimum atomic E-state index is -0.136. The third-order valence-corrected chi connectivity index (χ3v) is 6.16. The first kappa shape index (κ1) is 23.9. The van der Waals surface area contributed by atoms with Gasteiger partial charge in [-0.1, -0.05) is 48.8 Å². The first-order valence-electron chi connectivity index (χ1n) is 10.5. The lowest BCUT2D eigenvalue weighted by Gasteiger charge is -2.10. The number of ether oxygens (including phenoxy) is 1. The number of aromatic nitrogens is 3. The number of benzene rings is 2. The van der Waals surface area contributed by atoms with Crippen molar-refractivity contribution < 1.29 is 9.53 Å². The van der Waals surface area contributed by atoms with E-state index in [2.05, 4.69) is 29.0 Å². The molecule has 3 rings (SSSR count). The quantitative estimate of drug-likeness (QED) is 0.211. The van der Waals surface area contributed by atoms with Crippen LogP contribution in [0.15, 0.2) is 60.3 Å². The highest BCUT2D eigenvalue weighted by Gasteiger charge is 2.16. The van der Waals surface area contributed by atoms with Crippen molar-refractivity contribution in [2.45, 2.75) is 38.4 Å². The van der Waals surface area contributed by atoms with Gasteiger partial charge in [0.25, 0.3) is 0 Å². The van der Waals surface area contributed by atoms with Crippen molar-refractivity contribution in [2.24, 2.45) is 0 Å². The Kier molecular flexibility index (Phi) is 8.76. The Morgan fingerprint density at radius 2 is 2.03 bits per heavy atom. The predicted octanol–water partition coefficient (Wildman–Crippen LogP) is 6.00. The molecule has 0 spiro atoms. The van der Waals surface area contributed by atoms with Gasteiger partial charge < -0.3 is 10.1 Å². The lowest BCUT2D eigenvalue weighted by molar-refractivity contribution is -0.113. The summed E-state index contributed by atoms with van der Waals surface area (Å²) in [6.45, 7) is 9.09. The van der Waals surface area contributed by atoms with Crippen molar-refractivity contribution >= 4 is 35.0 Å². The molecule has 0 saturated heterocycles. The topological polar surface area (TPSA) is 69.0 Å². The van der Waals surface area contributed by atoms with E-state index in [1.807, 2.05) is 47.9 Å². The minimum absolute atomic E-state index is 0.136. The lowest BCUT2D eigenvalue weighted by atomic mass is 10.2. The summed E-state index contributed by atoms with van der Waals surface area (Å²) >= 11 is 7.46. The number of halogens is 1. The van der Waals surface area contributed by atoms with E-state index in [4.69, 9.17) is 16.3 Å². The standard InChI is InChI=1S/C24H27ClN4O2S/c1-4-6-15-31-19-12-10-18(11-13-19)23-27-28-24(29(23)14-5-2)32-16-22(30)26-21-9-7-8-20(25)17(21)3/h5,7-13H,2,4,6,14-16H2,1,3H3,(H,26,30). The average Bonchev–Trinajstić information content (AvgIpc) is 3.19. The number of carbonyl (C=O) groups excluding carboxylic acids is 1. The Bertz CT molecular complexity index is 1070. The first-order chi connectivity index (χ1) is 15.5. The number of hydrogen-bond acceptors (Lipinski definition) is 5. The van der Waals surface area contributed by atoms with Crippen LogP contribution in [0.2, 0.25) is 5.02 Å². The van der Waals surface area contributed by atoms with Gasteiger partial charge in [0.2, 0.25) is 5.91 Å². The van der Waals surface area contributed by atoms with E-state index in [0.29, 0.717) is 29.0 Å². The van der Waals surface area contributed by atoms with Crippen molar-refractivity contribution in [2.75, 3.05) is 17.7 Å². The number of amides is 1. The van der Waals surface area contributed by atoms with Crippen molar-refractivity contribution in [3.63, 3.8) is 0 Å². The molecule has 0 aliphatic rings. The number of nitrogens with one attached hydrogen (secondary N) is 1. The average molecular weight is 471 g/mol. The number of rotatable bonds is 11. The van der Waals surface area contributed by atoms with Gasteiger partial charge in [0, 0.05) is 22.8 Å². The molecular formula is C24H27ClN4O2S. The summed E-state index contributed by atoms with van der Waals surface area (Å²) in [5.74, 6) is 1.62. The highest BCUT2D eigenvalue weighted by atomic mass is 35.5. The first-order valence-corrected chi connectivity index (χ1v) is 11.8. The Morgan fingerprint density at radius 1 is 1.25 bits per heavy atom. The Labute approximate surface area is 198 Å². The van der Waals surface area contributed by atoms with Gasteiger partial charge in [-0.15, -0.1) is 16.8 Å². The van der Waals surface area contributed by atoms with Crippen LogP contribution >= 0.6 is 23.4 Å². The van der Waals surface area contributed by atoms with Crippen LogP contribution in [0.1, 0.15) is 25.3 Å². The summed E-state index contributed by atoms with van der Waals surface area (Å²) in [6.07, 6.45) is 3.91. The molecule has 1 aromatic heterocycles. The van der Waals surface area contributed by atoms with E-state index in [1.54, 1.807) is 12.1 Å². The minimum Gasteiger partial charge on any atom is -0.494 e. The highest BCUT2D eigenvalue weighted by molar-refractivity contribution is 7.99. The molecule has 8 heteroatoms. The fraction of sp³-hybridized carbons (Fsp3) is 0.292. The number of hydrogen-bond donors (Lipinski definition) is 1. The van der Waals surface area contributed by atoms with Crippen molar-refractivity contribution in [1.29, 1.82) is 0 Å². The van der Waals surface area contributed by atoms with E-state index in [0.717, 1.165) is 35.5 Å². The van der Waals surface area contributed by atoms with Crippen LogP contribution in [-0.2, 0) is 11.3 Å². The van der Waals surface area contributed by atoms with Crippen LogP contribution < -0.4 is 10.1 Å². The summed E-state index contributed by atoms with van der Waals surface area (Å²) in [6, 6.07) is 13.2. The van der Waals surface area contributed by atoms with E-state index < -0.39 is 0 Å². The maximum atomic E-state index is 12.5. The second kappa shape index (κ2) is 11.7. The third-order valence-electron chi connectivity index (χ3n) is 4.78. The zero-order chi connectivity index (χ0) is 22.9. The fourth-order valence-corrected chi connectivity index (χ4v) is 3.92. The molecule has 168 valence electrons. The zero-order valence-corrected chi connectivity index (χ0v) is 19.9. The van der Waals surface area contributed by atoms with Crippen LogP contribution in [0, 0.1) is 6.92 Å². The Balaban J connectivity index is 1.68. The molecule has 0 fully saturated rings. The number of anilines is 1. The maximum Gasteiger partial charge on any atom is 0.234 e. The molecule has 0 aliphatic carbocycles. The van der Waals surface area contributed by atoms with E-state index in [-0.39, 0.29) is 11.7 Å². The van der Waals surface area contributed by atoms with Gasteiger partial charge in [-0.05, 0) is 55.3 Å². The normalized spacial score (nSPS) is 10.7. The van der Waals surface area contributed by atoms with Crippen molar-refractivity contribution in [3.05, 3.63) is 65.7 Å². The Morgan fingerprint density at radius 3 is 2.75 bits per heavy atom. The molecule has 0 unspecified atom stereocenters. The molecule has 1 N–H and O–H groups in total. The van der Waals surface area contributed by atoms with E-state index in [9.17, 15) is 4.79 Å². The molecule has 1 amide bonds. The van der Waals surface area contributed by atoms with Gasteiger partial charge in [0.1, 0.15) is 5.75 Å². The van der Waals surface area contributed by atoms with Crippen LogP contribution in [0.5, 0.6) is 5.75 Å². The molecule has 6 nitrogen and oxygen atoms in total. The molecule has 0 bridgehead atoms. The van der Waals surface area contributed by atoms with Crippen LogP contribution in [0.4, 0.5) is 5.69 Å². The van der Waals surface area contributed by atoms with Crippen molar-refractivity contribution in [3.8, 4) is 17.1 Å². The molecule has 0 saturated carbocycles. The summed E-state index contributed by atoms with van der Waals surface area (Å²) in [7, 11) is 0. The maximum absolute atomic E-state index is 12.5. The Hall–Kier alpha value is -2.77. The molecule has 3 aromatic rings. The summed E-state index contributed by atoms with van der Waals surface area (Å²) in [4.78, 5) is 12.5. The molecule has 0 atom stereocenters. The second-order valence-corrected chi connectivity index (χ2v) is 8.53. The van der Waals surface area contributed by atoms with Gasteiger partial charge in [0.05, 0.1) is 12.4 Å². The zero-order valence-electron chi connectivity index (χ0n) is 18.3. The molecule has 0 aliphatic heterocycles. The summed E-state index contributed by atoms with van der Waals surface area (Å²) < 4.78 is 7.68. The van der Waals surface area contributed by atoms with Crippen molar-refractivity contribution in [1.82, 2.24) is 14.8 Å². The van der Waals surface area contributed by atoms with Gasteiger partial charge in [-0.25, -0.2) is 0 Å². The number of carbonyl (C=O) groups is 1. The predicted molar refractivity (Wildman–Crippen MR) is 132 cm³/mol. The number of nitrogens with zero attached hydrogens (tertiary/aromatic N) is 3. The smallest absolute Gasteiger partial charge is 0.234 e. The lowest BCUT2D eigenvalue weighted by Crippen LogP contribution is -2.15. The summed E-state index contributed by atoms with van der Waals surface area (Å²) in [5.41, 5.74) is 2.47. The van der Waals surface area contributed by atoms with Crippen LogP contribution in [0.25, 0.3) is 11.4 Å². The van der Waals surface area contributed by atoms with Gasteiger partial charge in [-0.2, -0.15) is 0 Å². The van der Waals surface area contributed by atoms with Gasteiger partial charge in [0.15, 0.2) is 11.0 Å². The highest BCUT2D eigenvalue weighted by Crippen LogP contribution is 2.27. The third kappa shape index (κ3) is 6.14.